The molecule has 0 unspecified atom stereocenters. The van der Waals surface area contributed by atoms with Crippen LogP contribution in [-0.4, -0.2) is 37.1 Å². The predicted molar refractivity (Wildman–Crippen MR) is 80.8 cm³/mol. The van der Waals surface area contributed by atoms with Crippen LogP contribution in [0.5, 0.6) is 0 Å². The second-order valence-electron chi connectivity index (χ2n) is 4.30. The summed E-state index contributed by atoms with van der Waals surface area (Å²) in [6, 6.07) is 7.66. The second kappa shape index (κ2) is 6.00. The molecule has 5 nitrogen and oxygen atoms in total. The maximum Gasteiger partial charge on any atom is 0.343 e. The van der Waals surface area contributed by atoms with E-state index in [4.69, 9.17) is 4.74 Å². The molecule has 1 aromatic carbocycles. The van der Waals surface area contributed by atoms with Gasteiger partial charge in [-0.2, -0.15) is 0 Å². The van der Waals surface area contributed by atoms with Gasteiger partial charge in [0, 0.05) is 30.3 Å². The molecule has 0 radical (unpaired) electrons. The molecule has 0 fully saturated rings. The van der Waals surface area contributed by atoms with Crippen LogP contribution in [0.1, 0.15) is 10.4 Å². The molecule has 0 aliphatic heterocycles. The number of aromatic nitrogens is 2. The molecule has 1 aromatic heterocycles. The summed E-state index contributed by atoms with van der Waals surface area (Å²) in [4.78, 5) is 22.2. The first kappa shape index (κ1) is 14.5. The molecule has 0 aliphatic rings. The molecule has 0 saturated heterocycles. The van der Waals surface area contributed by atoms with Gasteiger partial charge in [-0.15, -0.1) is 0 Å². The van der Waals surface area contributed by atoms with E-state index in [9.17, 15) is 4.79 Å². The van der Waals surface area contributed by atoms with Gasteiger partial charge in [-0.3, -0.25) is 0 Å². The number of carbonyl (C=O) groups excluding carboxylic acids is 1. The lowest BCUT2D eigenvalue weighted by Crippen LogP contribution is -2.17. The molecule has 0 aliphatic carbocycles. The zero-order valence-electron chi connectivity index (χ0n) is 11.4. The Labute approximate surface area is 125 Å². The SMILES string of the molecule is COC(=O)c1cnc(-c2ccccc2Br)nc1N(C)C. The van der Waals surface area contributed by atoms with Gasteiger partial charge in [0.2, 0.25) is 0 Å². The zero-order valence-corrected chi connectivity index (χ0v) is 13.0. The van der Waals surface area contributed by atoms with Crippen molar-refractivity contribution in [1.82, 2.24) is 9.97 Å². The number of ether oxygens (including phenoxy) is 1. The highest BCUT2D eigenvalue weighted by molar-refractivity contribution is 9.10. The Kier molecular flexibility index (Phi) is 4.34. The van der Waals surface area contributed by atoms with Gasteiger partial charge in [0.25, 0.3) is 0 Å². The average molecular weight is 336 g/mol. The summed E-state index contributed by atoms with van der Waals surface area (Å²) in [5.74, 6) is 0.624. The highest BCUT2D eigenvalue weighted by Crippen LogP contribution is 2.27. The van der Waals surface area contributed by atoms with E-state index in [1.165, 1.54) is 13.3 Å². The second-order valence-corrected chi connectivity index (χ2v) is 5.15. The molecule has 0 N–H and O–H groups in total. The minimum Gasteiger partial charge on any atom is -0.465 e. The van der Waals surface area contributed by atoms with Gasteiger partial charge < -0.3 is 9.64 Å². The monoisotopic (exact) mass is 335 g/mol. The number of anilines is 1. The van der Waals surface area contributed by atoms with Crippen LogP contribution in [0.2, 0.25) is 0 Å². The van der Waals surface area contributed by atoms with Crippen molar-refractivity contribution < 1.29 is 9.53 Å². The molecule has 104 valence electrons. The smallest absolute Gasteiger partial charge is 0.343 e. The maximum atomic E-state index is 11.7. The van der Waals surface area contributed by atoms with E-state index in [1.807, 2.05) is 38.4 Å². The Balaban J connectivity index is 2.56. The van der Waals surface area contributed by atoms with Crippen LogP contribution in [0, 0.1) is 0 Å². The van der Waals surface area contributed by atoms with Crippen molar-refractivity contribution in [3.8, 4) is 11.4 Å². The van der Waals surface area contributed by atoms with Crippen LogP contribution >= 0.6 is 15.9 Å². The standard InChI is InChI=1S/C14H14BrN3O2/c1-18(2)13-10(14(19)20-3)8-16-12(17-13)9-6-4-5-7-11(9)15/h4-8H,1-3H3. The van der Waals surface area contributed by atoms with E-state index in [0.717, 1.165) is 10.0 Å². The fraction of sp³-hybridized carbons (Fsp3) is 0.214. The van der Waals surface area contributed by atoms with E-state index in [-0.39, 0.29) is 0 Å². The Bertz CT molecular complexity index is 644. The van der Waals surface area contributed by atoms with Crippen molar-refractivity contribution in [2.24, 2.45) is 0 Å². The topological polar surface area (TPSA) is 55.3 Å². The third kappa shape index (κ3) is 2.80. The number of methoxy groups -OCH3 is 1. The fourth-order valence-corrected chi connectivity index (χ4v) is 2.20. The van der Waals surface area contributed by atoms with Crippen molar-refractivity contribution in [1.29, 1.82) is 0 Å². The number of halogens is 1. The first-order chi connectivity index (χ1) is 9.54. The van der Waals surface area contributed by atoms with Crippen LogP contribution in [0.15, 0.2) is 34.9 Å². The highest BCUT2D eigenvalue weighted by Gasteiger charge is 2.17. The van der Waals surface area contributed by atoms with Crippen molar-refractivity contribution in [2.45, 2.75) is 0 Å². The molecular formula is C14H14BrN3O2. The van der Waals surface area contributed by atoms with Gasteiger partial charge >= 0.3 is 5.97 Å². The average Bonchev–Trinajstić information content (AvgIpc) is 2.46. The summed E-state index contributed by atoms with van der Waals surface area (Å²) < 4.78 is 5.64. The summed E-state index contributed by atoms with van der Waals surface area (Å²) in [7, 11) is 4.97. The molecule has 0 spiro atoms. The van der Waals surface area contributed by atoms with Crippen LogP contribution in [0.4, 0.5) is 5.82 Å². The van der Waals surface area contributed by atoms with Crippen LogP contribution in [0.3, 0.4) is 0 Å². The molecule has 0 atom stereocenters. The molecule has 2 aromatic rings. The Morgan fingerprint density at radius 3 is 2.60 bits per heavy atom. The van der Waals surface area contributed by atoms with Crippen molar-refractivity contribution in [2.75, 3.05) is 26.1 Å². The molecular weight excluding hydrogens is 322 g/mol. The summed E-state index contributed by atoms with van der Waals surface area (Å²) in [5, 5.41) is 0. The van der Waals surface area contributed by atoms with Crippen molar-refractivity contribution >= 4 is 27.7 Å². The van der Waals surface area contributed by atoms with Crippen LogP contribution < -0.4 is 4.90 Å². The lowest BCUT2D eigenvalue weighted by molar-refractivity contribution is 0.0600. The summed E-state index contributed by atoms with van der Waals surface area (Å²) >= 11 is 3.47. The number of hydrogen-bond acceptors (Lipinski definition) is 5. The number of rotatable bonds is 3. The van der Waals surface area contributed by atoms with Crippen molar-refractivity contribution in [3.63, 3.8) is 0 Å². The number of nitrogens with zero attached hydrogens (tertiary/aromatic N) is 3. The third-order valence-electron chi connectivity index (χ3n) is 2.71. The molecule has 2 rings (SSSR count). The number of carbonyl (C=O) groups is 1. The van der Waals surface area contributed by atoms with E-state index >= 15 is 0 Å². The molecule has 20 heavy (non-hydrogen) atoms. The number of esters is 1. The molecule has 0 bridgehead atoms. The Hall–Kier alpha value is -1.95. The van der Waals surface area contributed by atoms with Crippen molar-refractivity contribution in [3.05, 3.63) is 40.5 Å². The van der Waals surface area contributed by atoms with Gasteiger partial charge in [-0.05, 0) is 6.07 Å². The minimum atomic E-state index is -0.452. The van der Waals surface area contributed by atoms with Crippen LogP contribution in [-0.2, 0) is 4.74 Å². The summed E-state index contributed by atoms with van der Waals surface area (Å²) in [5.41, 5.74) is 1.21. The first-order valence-electron chi connectivity index (χ1n) is 5.92. The Morgan fingerprint density at radius 2 is 2.00 bits per heavy atom. The molecule has 0 saturated carbocycles. The first-order valence-corrected chi connectivity index (χ1v) is 6.71. The van der Waals surface area contributed by atoms with E-state index in [2.05, 4.69) is 25.9 Å². The maximum absolute atomic E-state index is 11.7. The van der Waals surface area contributed by atoms with E-state index in [0.29, 0.717) is 17.2 Å². The third-order valence-corrected chi connectivity index (χ3v) is 3.40. The summed E-state index contributed by atoms with van der Waals surface area (Å²) in [6.07, 6.45) is 1.49. The predicted octanol–water partition coefficient (Wildman–Crippen LogP) is 2.76. The highest BCUT2D eigenvalue weighted by atomic mass is 79.9. The minimum absolute atomic E-state index is 0.341. The van der Waals surface area contributed by atoms with Gasteiger partial charge in [0.05, 0.1) is 7.11 Å². The van der Waals surface area contributed by atoms with E-state index < -0.39 is 5.97 Å². The fourth-order valence-electron chi connectivity index (χ4n) is 1.74. The molecule has 0 amide bonds. The van der Waals surface area contributed by atoms with Gasteiger partial charge in [-0.25, -0.2) is 14.8 Å². The van der Waals surface area contributed by atoms with E-state index in [1.54, 1.807) is 4.90 Å². The number of hydrogen-bond donors (Lipinski definition) is 0. The quantitative estimate of drug-likeness (QED) is 0.807. The van der Waals surface area contributed by atoms with Gasteiger partial charge in [-0.1, -0.05) is 34.1 Å². The normalized spacial score (nSPS) is 10.2. The largest absolute Gasteiger partial charge is 0.465 e. The zero-order chi connectivity index (χ0) is 14.7. The lowest BCUT2D eigenvalue weighted by Gasteiger charge is -2.15. The van der Waals surface area contributed by atoms with Gasteiger partial charge in [0.1, 0.15) is 11.4 Å². The van der Waals surface area contributed by atoms with Gasteiger partial charge in [0.15, 0.2) is 5.82 Å². The lowest BCUT2D eigenvalue weighted by atomic mass is 10.2. The van der Waals surface area contributed by atoms with Crippen LogP contribution in [0.25, 0.3) is 11.4 Å². The molecule has 6 heteroatoms. The molecule has 1 heterocycles. The number of benzene rings is 1. The summed E-state index contributed by atoms with van der Waals surface area (Å²) in [6.45, 7) is 0. The Morgan fingerprint density at radius 1 is 1.30 bits per heavy atom.